The van der Waals surface area contributed by atoms with Crippen LogP contribution in [0.25, 0.3) is 0 Å². The molecule has 2 aliphatic heterocycles. The first-order chi connectivity index (χ1) is 15.1. The van der Waals surface area contributed by atoms with Crippen molar-refractivity contribution in [1.29, 1.82) is 0 Å². The van der Waals surface area contributed by atoms with Crippen molar-refractivity contribution in [2.45, 2.75) is 39.0 Å². The summed E-state index contributed by atoms with van der Waals surface area (Å²) in [5.41, 5.74) is 1.59. The summed E-state index contributed by atoms with van der Waals surface area (Å²) in [4.78, 5) is 20.1. The van der Waals surface area contributed by atoms with Crippen molar-refractivity contribution in [2.24, 2.45) is 11.3 Å². The minimum atomic E-state index is -0.0482. The van der Waals surface area contributed by atoms with Crippen LogP contribution in [0.4, 0.5) is 0 Å². The molecule has 0 radical (unpaired) electrons. The Hall–Kier alpha value is -2.15. The number of hydrogen-bond acceptors (Lipinski definition) is 5. The number of amides is 1. The molecule has 5 rings (SSSR count). The van der Waals surface area contributed by atoms with Gasteiger partial charge in [0, 0.05) is 38.6 Å². The largest absolute Gasteiger partial charge is 0.462 e. The number of piperazine rings is 1. The van der Waals surface area contributed by atoms with Crippen molar-refractivity contribution >= 4 is 5.91 Å². The molecule has 1 spiro atoms. The molecular weight excluding hydrogens is 390 g/mol. The Morgan fingerprint density at radius 1 is 0.903 bits per heavy atom. The number of carbonyl (C=O) groups excluding carboxylic acids is 1. The number of carbonyl (C=O) groups is 1. The Kier molecular flexibility index (Phi) is 5.87. The molecule has 1 N–H and O–H groups in total. The third-order valence-corrected chi connectivity index (χ3v) is 7.53. The van der Waals surface area contributed by atoms with Crippen molar-refractivity contribution in [3.8, 4) is 0 Å². The highest BCUT2D eigenvalue weighted by Crippen LogP contribution is 2.60. The van der Waals surface area contributed by atoms with E-state index in [1.54, 1.807) is 0 Å². The molecule has 1 saturated carbocycles. The van der Waals surface area contributed by atoms with Gasteiger partial charge in [-0.3, -0.25) is 14.6 Å². The molecule has 3 heterocycles. The van der Waals surface area contributed by atoms with Gasteiger partial charge in [-0.2, -0.15) is 0 Å². The summed E-state index contributed by atoms with van der Waals surface area (Å²) < 4.78 is 5.63. The van der Waals surface area contributed by atoms with E-state index in [4.69, 9.17) is 9.52 Å². The van der Waals surface area contributed by atoms with E-state index in [2.05, 4.69) is 45.0 Å². The van der Waals surface area contributed by atoms with Crippen LogP contribution >= 0.6 is 0 Å². The number of hydrogen-bond donors (Lipinski definition) is 1. The third-order valence-electron chi connectivity index (χ3n) is 7.53. The van der Waals surface area contributed by atoms with Gasteiger partial charge in [-0.1, -0.05) is 30.3 Å². The molecule has 1 aliphatic carbocycles. The van der Waals surface area contributed by atoms with Crippen LogP contribution in [0.5, 0.6) is 0 Å². The van der Waals surface area contributed by atoms with E-state index >= 15 is 0 Å². The lowest BCUT2D eigenvalue weighted by molar-refractivity contribution is -0.135. The number of aliphatic hydroxyl groups excluding tert-OH is 1. The van der Waals surface area contributed by atoms with Crippen molar-refractivity contribution < 1.29 is 14.3 Å². The lowest BCUT2D eigenvalue weighted by Crippen LogP contribution is -2.49. The first-order valence-corrected chi connectivity index (χ1v) is 11.6. The van der Waals surface area contributed by atoms with E-state index in [1.165, 1.54) is 5.56 Å². The minimum Gasteiger partial charge on any atom is -0.462 e. The van der Waals surface area contributed by atoms with Crippen LogP contribution in [0.3, 0.4) is 0 Å². The van der Waals surface area contributed by atoms with E-state index in [9.17, 15) is 4.79 Å². The van der Waals surface area contributed by atoms with Gasteiger partial charge in [0.15, 0.2) is 0 Å². The first kappa shape index (κ1) is 20.7. The Morgan fingerprint density at radius 2 is 1.58 bits per heavy atom. The molecule has 3 aliphatic rings. The van der Waals surface area contributed by atoms with Crippen LogP contribution in [0.1, 0.15) is 36.3 Å². The van der Waals surface area contributed by atoms with Crippen LogP contribution in [-0.4, -0.2) is 65.0 Å². The average Bonchev–Trinajstić information content (AvgIpc) is 3.31. The fraction of sp³-hybridized carbons (Fsp3) is 0.560. The van der Waals surface area contributed by atoms with Gasteiger partial charge in [0.1, 0.15) is 18.1 Å². The van der Waals surface area contributed by atoms with Crippen LogP contribution in [-0.2, 0) is 24.5 Å². The topological polar surface area (TPSA) is 60.2 Å². The highest BCUT2D eigenvalue weighted by molar-refractivity contribution is 5.83. The fourth-order valence-electron chi connectivity index (χ4n) is 5.41. The van der Waals surface area contributed by atoms with Gasteiger partial charge in [-0.05, 0) is 55.5 Å². The van der Waals surface area contributed by atoms with Gasteiger partial charge in [0.25, 0.3) is 0 Å². The summed E-state index contributed by atoms with van der Waals surface area (Å²) in [5.74, 6) is 2.17. The zero-order valence-electron chi connectivity index (χ0n) is 18.2. The summed E-state index contributed by atoms with van der Waals surface area (Å²) in [7, 11) is 0. The second-order valence-corrected chi connectivity index (χ2v) is 9.51. The summed E-state index contributed by atoms with van der Waals surface area (Å²) in [6.07, 6.45) is 3.27. The van der Waals surface area contributed by atoms with Crippen LogP contribution in [0, 0.1) is 11.3 Å². The number of furan rings is 1. The quantitative estimate of drug-likeness (QED) is 0.774. The van der Waals surface area contributed by atoms with Crippen molar-refractivity contribution in [3.63, 3.8) is 0 Å². The molecule has 1 aromatic heterocycles. The maximum atomic E-state index is 13.2. The van der Waals surface area contributed by atoms with Crippen LogP contribution < -0.4 is 0 Å². The highest BCUT2D eigenvalue weighted by Gasteiger charge is 2.59. The second kappa shape index (κ2) is 8.77. The van der Waals surface area contributed by atoms with Crippen LogP contribution in [0.2, 0.25) is 0 Å². The number of piperidine rings is 1. The van der Waals surface area contributed by atoms with Gasteiger partial charge >= 0.3 is 0 Å². The molecule has 6 nitrogen and oxygen atoms in total. The summed E-state index contributed by atoms with van der Waals surface area (Å²) in [6.45, 7) is 7.40. The van der Waals surface area contributed by atoms with E-state index in [-0.39, 0.29) is 17.9 Å². The Morgan fingerprint density at radius 3 is 2.26 bits per heavy atom. The van der Waals surface area contributed by atoms with Crippen LogP contribution in [0.15, 0.2) is 46.9 Å². The molecule has 1 aromatic carbocycles. The summed E-state index contributed by atoms with van der Waals surface area (Å²) in [6, 6.07) is 14.4. The predicted molar refractivity (Wildman–Crippen MR) is 118 cm³/mol. The molecule has 0 bridgehead atoms. The third kappa shape index (κ3) is 4.56. The summed E-state index contributed by atoms with van der Waals surface area (Å²) >= 11 is 0. The van der Waals surface area contributed by atoms with Gasteiger partial charge in [-0.15, -0.1) is 0 Å². The maximum Gasteiger partial charge on any atom is 0.226 e. The molecule has 166 valence electrons. The molecule has 1 atom stereocenters. The lowest BCUT2D eigenvalue weighted by Gasteiger charge is -2.36. The molecule has 2 saturated heterocycles. The second-order valence-electron chi connectivity index (χ2n) is 9.51. The zero-order valence-corrected chi connectivity index (χ0v) is 18.2. The van der Waals surface area contributed by atoms with Crippen molar-refractivity contribution in [1.82, 2.24) is 14.7 Å². The van der Waals surface area contributed by atoms with Gasteiger partial charge in [0.2, 0.25) is 5.91 Å². The molecule has 1 unspecified atom stereocenters. The molecule has 31 heavy (non-hydrogen) atoms. The molecule has 3 fully saturated rings. The number of aliphatic hydroxyl groups is 1. The van der Waals surface area contributed by atoms with E-state index in [0.29, 0.717) is 11.7 Å². The molecule has 2 aromatic rings. The smallest absolute Gasteiger partial charge is 0.226 e. The zero-order chi connectivity index (χ0) is 21.3. The van der Waals surface area contributed by atoms with Crippen molar-refractivity contribution in [2.75, 3.05) is 39.3 Å². The molecule has 6 heteroatoms. The Labute approximate surface area is 184 Å². The normalized spacial score (nSPS) is 23.9. The first-order valence-electron chi connectivity index (χ1n) is 11.6. The Balaban J connectivity index is 1.07. The number of benzene rings is 1. The van der Waals surface area contributed by atoms with Gasteiger partial charge in [-0.25, -0.2) is 0 Å². The van der Waals surface area contributed by atoms with Gasteiger partial charge < -0.3 is 14.4 Å². The summed E-state index contributed by atoms with van der Waals surface area (Å²) in [5, 5.41) is 9.16. The monoisotopic (exact) mass is 423 g/mol. The fourth-order valence-corrected chi connectivity index (χ4v) is 5.41. The molecular formula is C25H33N3O3. The lowest BCUT2D eigenvalue weighted by atomic mass is 9.90. The maximum absolute atomic E-state index is 13.2. The van der Waals surface area contributed by atoms with E-state index in [0.717, 1.165) is 77.4 Å². The van der Waals surface area contributed by atoms with Crippen molar-refractivity contribution in [3.05, 3.63) is 59.5 Å². The van der Waals surface area contributed by atoms with E-state index < -0.39 is 0 Å². The number of likely N-dealkylation sites (tertiary alicyclic amines) is 1. The SMILES string of the molecule is O=C(C1CC12CCN(Cc1ccc(CO)o1)CC2)N1CCN(Cc2ccccc2)CC1. The van der Waals surface area contributed by atoms with Gasteiger partial charge in [0.05, 0.1) is 6.54 Å². The average molecular weight is 424 g/mol. The number of nitrogens with zero attached hydrogens (tertiary/aromatic N) is 3. The minimum absolute atomic E-state index is 0.0482. The highest BCUT2D eigenvalue weighted by atomic mass is 16.4. The Bertz CT molecular complexity index is 880. The molecule has 1 amide bonds. The standard InChI is InChI=1S/C25H33N3O3/c29-19-22-7-6-21(31-22)18-26-10-8-25(9-11-26)16-23(25)24(30)28-14-12-27(13-15-28)17-20-4-2-1-3-5-20/h1-7,23,29H,8-19H2. The predicted octanol–water partition coefficient (Wildman–Crippen LogP) is 2.72. The number of rotatable bonds is 6. The van der Waals surface area contributed by atoms with E-state index in [1.807, 2.05) is 12.1 Å².